The molecule has 0 aliphatic heterocycles. The Kier molecular flexibility index (Phi) is 3.04. The fourth-order valence-electron chi connectivity index (χ4n) is 0.741. The molecular formula is C7H2BrF3N2O2. The fourth-order valence-corrected chi connectivity index (χ4v) is 1.13. The van der Waals surface area contributed by atoms with Gasteiger partial charge in [-0.2, -0.15) is 5.26 Å². The van der Waals surface area contributed by atoms with Crippen LogP contribution in [0.5, 0.6) is 11.6 Å². The molecule has 0 unspecified atom stereocenters. The summed E-state index contributed by atoms with van der Waals surface area (Å²) in [4.78, 5) is 3.24. The van der Waals surface area contributed by atoms with Crippen LogP contribution < -0.4 is 4.74 Å². The van der Waals surface area contributed by atoms with E-state index in [0.717, 1.165) is 0 Å². The fraction of sp³-hybridized carbons (Fsp3) is 0.143. The number of hydrogen-bond acceptors (Lipinski definition) is 4. The number of nitrogens with zero attached hydrogens (tertiary/aromatic N) is 2. The second-order valence-electron chi connectivity index (χ2n) is 2.31. The molecule has 0 aliphatic carbocycles. The van der Waals surface area contributed by atoms with E-state index in [1.165, 1.54) is 6.07 Å². The summed E-state index contributed by atoms with van der Waals surface area (Å²) in [5, 5.41) is 17.6. The van der Waals surface area contributed by atoms with Crippen molar-refractivity contribution < 1.29 is 23.0 Å². The number of rotatable bonds is 1. The molecule has 1 aromatic heterocycles. The van der Waals surface area contributed by atoms with Crippen molar-refractivity contribution in [2.24, 2.45) is 0 Å². The number of nitriles is 1. The lowest BCUT2D eigenvalue weighted by atomic mass is 10.3. The number of ether oxygens (including phenoxy) is 1. The Morgan fingerprint density at radius 1 is 1.53 bits per heavy atom. The molecule has 0 bridgehead atoms. The van der Waals surface area contributed by atoms with Gasteiger partial charge in [-0.05, 0) is 15.9 Å². The van der Waals surface area contributed by atoms with Gasteiger partial charge in [0.2, 0.25) is 5.88 Å². The lowest BCUT2D eigenvalue weighted by Crippen LogP contribution is -2.18. The molecule has 0 fully saturated rings. The van der Waals surface area contributed by atoms with E-state index in [4.69, 9.17) is 10.4 Å². The van der Waals surface area contributed by atoms with Crippen LogP contribution in [0.1, 0.15) is 5.56 Å². The molecule has 0 aromatic carbocycles. The van der Waals surface area contributed by atoms with Crippen LogP contribution in [0.3, 0.4) is 0 Å². The Hall–Kier alpha value is -1.49. The summed E-state index contributed by atoms with van der Waals surface area (Å²) in [5.74, 6) is -1.35. The lowest BCUT2D eigenvalue weighted by molar-refractivity contribution is -0.276. The highest BCUT2D eigenvalue weighted by atomic mass is 79.9. The van der Waals surface area contributed by atoms with E-state index in [2.05, 4.69) is 25.7 Å². The summed E-state index contributed by atoms with van der Waals surface area (Å²) >= 11 is 2.69. The Morgan fingerprint density at radius 3 is 2.60 bits per heavy atom. The predicted octanol–water partition coefficient (Wildman–Crippen LogP) is 2.32. The third-order valence-corrected chi connectivity index (χ3v) is 1.82. The summed E-state index contributed by atoms with van der Waals surface area (Å²) < 4.78 is 38.5. The molecule has 0 saturated carbocycles. The van der Waals surface area contributed by atoms with E-state index in [0.29, 0.717) is 6.07 Å². The molecule has 0 amide bonds. The van der Waals surface area contributed by atoms with Crippen molar-refractivity contribution in [3.05, 3.63) is 16.2 Å². The Morgan fingerprint density at radius 2 is 2.13 bits per heavy atom. The minimum atomic E-state index is -4.89. The van der Waals surface area contributed by atoms with Crippen LogP contribution in [-0.4, -0.2) is 16.5 Å². The maximum Gasteiger partial charge on any atom is 0.574 e. The van der Waals surface area contributed by atoms with Crippen LogP contribution in [0.4, 0.5) is 13.2 Å². The molecule has 1 N–H and O–H groups in total. The molecule has 0 spiro atoms. The Labute approximate surface area is 90.0 Å². The first-order valence-electron chi connectivity index (χ1n) is 3.39. The molecule has 15 heavy (non-hydrogen) atoms. The molecule has 0 saturated heterocycles. The van der Waals surface area contributed by atoms with E-state index < -0.39 is 18.0 Å². The van der Waals surface area contributed by atoms with E-state index in [9.17, 15) is 13.2 Å². The zero-order valence-electron chi connectivity index (χ0n) is 6.84. The van der Waals surface area contributed by atoms with E-state index in [1.807, 2.05) is 0 Å². The number of aromatic hydroxyl groups is 1. The molecule has 0 atom stereocenters. The molecule has 0 aliphatic rings. The van der Waals surface area contributed by atoms with Gasteiger partial charge in [0, 0.05) is 6.07 Å². The summed E-state index contributed by atoms with van der Waals surface area (Å²) in [7, 11) is 0. The van der Waals surface area contributed by atoms with Crippen LogP contribution in [0.25, 0.3) is 0 Å². The summed E-state index contributed by atoms with van der Waals surface area (Å²) in [6, 6.07) is 2.18. The predicted molar refractivity (Wildman–Crippen MR) is 45.0 cm³/mol. The van der Waals surface area contributed by atoms with Crippen LogP contribution in [0.2, 0.25) is 0 Å². The number of hydrogen-bond donors (Lipinski definition) is 1. The first kappa shape index (κ1) is 11.6. The minimum absolute atomic E-state index is 0.291. The third kappa shape index (κ3) is 2.99. The molecule has 1 rings (SSSR count). The SMILES string of the molecule is N#Cc1cc(OC(F)(F)F)nc(Br)c1O. The Bertz CT molecular complexity index is 427. The maximum atomic E-state index is 11.8. The van der Waals surface area contributed by atoms with Crippen molar-refractivity contribution in [1.29, 1.82) is 5.26 Å². The van der Waals surface area contributed by atoms with Gasteiger partial charge in [0.15, 0.2) is 10.4 Å². The van der Waals surface area contributed by atoms with Crippen molar-refractivity contribution in [1.82, 2.24) is 4.98 Å². The number of halogens is 4. The summed E-state index contributed by atoms with van der Waals surface area (Å²) in [5.41, 5.74) is -0.365. The van der Waals surface area contributed by atoms with Crippen molar-refractivity contribution in [3.8, 4) is 17.7 Å². The normalized spacial score (nSPS) is 10.9. The average Bonchev–Trinajstić information content (AvgIpc) is 2.08. The van der Waals surface area contributed by atoms with Crippen LogP contribution in [0, 0.1) is 11.3 Å². The van der Waals surface area contributed by atoms with Crippen LogP contribution >= 0.6 is 15.9 Å². The third-order valence-electron chi connectivity index (χ3n) is 1.27. The molecule has 0 radical (unpaired) electrons. The van der Waals surface area contributed by atoms with Crippen molar-refractivity contribution in [2.75, 3.05) is 0 Å². The first-order valence-corrected chi connectivity index (χ1v) is 4.18. The van der Waals surface area contributed by atoms with Gasteiger partial charge >= 0.3 is 6.36 Å². The van der Waals surface area contributed by atoms with Gasteiger partial charge in [-0.15, -0.1) is 13.2 Å². The highest BCUT2D eigenvalue weighted by Gasteiger charge is 2.32. The molecule has 80 valence electrons. The van der Waals surface area contributed by atoms with Gasteiger partial charge in [-0.3, -0.25) is 0 Å². The Balaban J connectivity index is 3.13. The smallest absolute Gasteiger partial charge is 0.504 e. The maximum absolute atomic E-state index is 11.8. The minimum Gasteiger partial charge on any atom is -0.504 e. The quantitative estimate of drug-likeness (QED) is 0.803. The van der Waals surface area contributed by atoms with Gasteiger partial charge < -0.3 is 9.84 Å². The standard InChI is InChI=1S/C7H2BrF3N2O2/c8-6-5(14)3(2-12)1-4(13-6)15-7(9,10)11/h1,14H. The van der Waals surface area contributed by atoms with Gasteiger partial charge in [0.05, 0.1) is 0 Å². The second kappa shape index (κ2) is 3.94. The molecular weight excluding hydrogens is 281 g/mol. The molecule has 1 heterocycles. The number of pyridine rings is 1. The van der Waals surface area contributed by atoms with Gasteiger partial charge in [-0.1, -0.05) is 0 Å². The monoisotopic (exact) mass is 282 g/mol. The molecule has 1 aromatic rings. The highest BCUT2D eigenvalue weighted by molar-refractivity contribution is 9.10. The van der Waals surface area contributed by atoms with Crippen molar-refractivity contribution in [2.45, 2.75) is 6.36 Å². The summed E-state index contributed by atoms with van der Waals surface area (Å²) in [6.45, 7) is 0. The number of aromatic nitrogens is 1. The summed E-state index contributed by atoms with van der Waals surface area (Å²) in [6.07, 6.45) is -4.89. The second-order valence-corrected chi connectivity index (χ2v) is 3.06. The zero-order chi connectivity index (χ0) is 11.6. The van der Waals surface area contributed by atoms with E-state index >= 15 is 0 Å². The van der Waals surface area contributed by atoms with E-state index in [1.54, 1.807) is 0 Å². The van der Waals surface area contributed by atoms with Crippen LogP contribution in [-0.2, 0) is 0 Å². The van der Waals surface area contributed by atoms with Gasteiger partial charge in [-0.25, -0.2) is 4.98 Å². The largest absolute Gasteiger partial charge is 0.574 e. The molecule has 8 heteroatoms. The van der Waals surface area contributed by atoms with E-state index in [-0.39, 0.29) is 10.2 Å². The van der Waals surface area contributed by atoms with Gasteiger partial charge in [0.25, 0.3) is 0 Å². The topological polar surface area (TPSA) is 66.1 Å². The highest BCUT2D eigenvalue weighted by Crippen LogP contribution is 2.30. The van der Waals surface area contributed by atoms with Gasteiger partial charge in [0.1, 0.15) is 11.6 Å². The first-order chi connectivity index (χ1) is 6.83. The molecule has 4 nitrogen and oxygen atoms in total. The lowest BCUT2D eigenvalue weighted by Gasteiger charge is -2.08. The van der Waals surface area contributed by atoms with Crippen LogP contribution in [0.15, 0.2) is 10.7 Å². The van der Waals surface area contributed by atoms with Crippen molar-refractivity contribution >= 4 is 15.9 Å². The average molecular weight is 283 g/mol. The van der Waals surface area contributed by atoms with Crippen molar-refractivity contribution in [3.63, 3.8) is 0 Å². The zero-order valence-corrected chi connectivity index (χ0v) is 8.43. The number of alkyl halides is 3.